The third-order valence-corrected chi connectivity index (χ3v) is 6.61. The van der Waals surface area contributed by atoms with E-state index in [2.05, 4.69) is 13.8 Å². The molecule has 0 N–H and O–H groups in total. The van der Waals surface area contributed by atoms with Crippen LogP contribution >= 0.6 is 11.3 Å². The van der Waals surface area contributed by atoms with Crippen LogP contribution in [0, 0.1) is 0 Å². The number of nitrogens with zero attached hydrogens (tertiary/aromatic N) is 1. The molecule has 0 aliphatic carbocycles. The fourth-order valence-electron chi connectivity index (χ4n) is 2.53. The number of para-hydroxylation sites is 1. The molecule has 0 radical (unpaired) electrons. The predicted octanol–water partition coefficient (Wildman–Crippen LogP) is 3.23. The number of benzene rings is 1. The SMILES string of the molecule is CC1(C)CN(S(=O)(=O)c2cccs2)c2ccccc21. The summed E-state index contributed by atoms with van der Waals surface area (Å²) in [6.45, 7) is 4.65. The first-order chi connectivity index (χ1) is 8.93. The number of hydrogen-bond donors (Lipinski definition) is 0. The van der Waals surface area contributed by atoms with Crippen molar-refractivity contribution in [3.8, 4) is 0 Å². The zero-order valence-electron chi connectivity index (χ0n) is 10.8. The lowest BCUT2D eigenvalue weighted by Gasteiger charge is -2.21. The molecule has 0 saturated carbocycles. The molecule has 0 amide bonds. The van der Waals surface area contributed by atoms with E-state index in [1.807, 2.05) is 24.3 Å². The van der Waals surface area contributed by atoms with E-state index in [-0.39, 0.29) is 5.41 Å². The second-order valence-corrected chi connectivity index (χ2v) is 8.38. The van der Waals surface area contributed by atoms with E-state index >= 15 is 0 Å². The van der Waals surface area contributed by atoms with Crippen LogP contribution in [0.25, 0.3) is 0 Å². The summed E-state index contributed by atoms with van der Waals surface area (Å²) in [5, 5.41) is 1.79. The Bertz CT molecular complexity index is 703. The van der Waals surface area contributed by atoms with Gasteiger partial charge in [0.25, 0.3) is 10.0 Å². The van der Waals surface area contributed by atoms with Gasteiger partial charge in [0.2, 0.25) is 0 Å². The van der Waals surface area contributed by atoms with E-state index in [1.54, 1.807) is 17.5 Å². The van der Waals surface area contributed by atoms with Crippen LogP contribution in [0.15, 0.2) is 46.0 Å². The summed E-state index contributed by atoms with van der Waals surface area (Å²) in [7, 11) is -3.43. The summed E-state index contributed by atoms with van der Waals surface area (Å²) in [4.78, 5) is 0. The van der Waals surface area contributed by atoms with Gasteiger partial charge >= 0.3 is 0 Å². The maximum absolute atomic E-state index is 12.7. The van der Waals surface area contributed by atoms with Crippen LogP contribution in [0.3, 0.4) is 0 Å². The highest BCUT2D eigenvalue weighted by molar-refractivity contribution is 7.94. The molecule has 0 atom stereocenters. The highest BCUT2D eigenvalue weighted by Gasteiger charge is 2.41. The fraction of sp³-hybridized carbons (Fsp3) is 0.286. The summed E-state index contributed by atoms with van der Waals surface area (Å²) in [6.07, 6.45) is 0. The van der Waals surface area contributed by atoms with Crippen LogP contribution in [0.2, 0.25) is 0 Å². The van der Waals surface area contributed by atoms with Gasteiger partial charge in [-0.05, 0) is 23.1 Å². The van der Waals surface area contributed by atoms with Crippen molar-refractivity contribution in [2.24, 2.45) is 0 Å². The first-order valence-corrected chi connectivity index (χ1v) is 8.41. The van der Waals surface area contributed by atoms with Crippen molar-refractivity contribution in [2.75, 3.05) is 10.8 Å². The highest BCUT2D eigenvalue weighted by Crippen LogP contribution is 2.43. The second-order valence-electron chi connectivity index (χ2n) is 5.34. The Balaban J connectivity index is 2.15. The summed E-state index contributed by atoms with van der Waals surface area (Å²) in [5.41, 5.74) is 1.75. The van der Waals surface area contributed by atoms with Crippen LogP contribution in [-0.4, -0.2) is 15.0 Å². The Kier molecular flexibility index (Phi) is 2.73. The van der Waals surface area contributed by atoms with Crippen molar-refractivity contribution < 1.29 is 8.42 Å². The zero-order valence-corrected chi connectivity index (χ0v) is 12.5. The first-order valence-electron chi connectivity index (χ1n) is 6.09. The third-order valence-electron chi connectivity index (χ3n) is 3.48. The Morgan fingerprint density at radius 2 is 1.89 bits per heavy atom. The molecule has 0 bridgehead atoms. The molecule has 0 fully saturated rings. The number of sulfonamides is 1. The Morgan fingerprint density at radius 1 is 1.16 bits per heavy atom. The van der Waals surface area contributed by atoms with Crippen LogP contribution in [0.1, 0.15) is 19.4 Å². The molecule has 5 heteroatoms. The second kappa shape index (κ2) is 4.08. The third kappa shape index (κ3) is 1.88. The van der Waals surface area contributed by atoms with Gasteiger partial charge in [0.15, 0.2) is 0 Å². The molecule has 19 heavy (non-hydrogen) atoms. The fourth-order valence-corrected chi connectivity index (χ4v) is 5.28. The van der Waals surface area contributed by atoms with Crippen LogP contribution in [0.5, 0.6) is 0 Å². The van der Waals surface area contributed by atoms with E-state index in [9.17, 15) is 8.42 Å². The minimum absolute atomic E-state index is 0.152. The van der Waals surface area contributed by atoms with Crippen molar-refractivity contribution in [2.45, 2.75) is 23.5 Å². The molecule has 3 nitrogen and oxygen atoms in total. The van der Waals surface area contributed by atoms with Crippen LogP contribution in [0.4, 0.5) is 5.69 Å². The number of hydrogen-bond acceptors (Lipinski definition) is 3. The summed E-state index contributed by atoms with van der Waals surface area (Å²) >= 11 is 1.26. The minimum atomic E-state index is -3.43. The van der Waals surface area contributed by atoms with Crippen molar-refractivity contribution >= 4 is 27.0 Å². The van der Waals surface area contributed by atoms with Crippen molar-refractivity contribution in [3.05, 3.63) is 47.3 Å². The van der Waals surface area contributed by atoms with Crippen molar-refractivity contribution in [1.29, 1.82) is 0 Å². The number of anilines is 1. The maximum Gasteiger partial charge on any atom is 0.273 e. The minimum Gasteiger partial charge on any atom is -0.264 e. The molecule has 3 rings (SSSR count). The van der Waals surface area contributed by atoms with Crippen molar-refractivity contribution in [3.63, 3.8) is 0 Å². The van der Waals surface area contributed by atoms with Gasteiger partial charge < -0.3 is 0 Å². The van der Waals surface area contributed by atoms with Gasteiger partial charge in [-0.2, -0.15) is 0 Å². The molecule has 1 aliphatic heterocycles. The normalized spacial score (nSPS) is 17.5. The predicted molar refractivity (Wildman–Crippen MR) is 78.3 cm³/mol. The lowest BCUT2D eigenvalue weighted by Crippen LogP contribution is -2.33. The molecular weight excluding hydrogens is 278 g/mol. The zero-order chi connectivity index (χ0) is 13.7. The number of thiophene rings is 1. The standard InChI is InChI=1S/C14H15NO2S2/c1-14(2)10-15(12-7-4-3-6-11(12)14)19(16,17)13-8-5-9-18-13/h3-9H,10H2,1-2H3. The van der Waals surface area contributed by atoms with Crippen LogP contribution < -0.4 is 4.31 Å². The lowest BCUT2D eigenvalue weighted by molar-refractivity contribution is 0.555. The molecular formula is C14H15NO2S2. The van der Waals surface area contributed by atoms with E-state index in [4.69, 9.17) is 0 Å². The van der Waals surface area contributed by atoms with Gasteiger partial charge in [-0.15, -0.1) is 11.3 Å². The van der Waals surface area contributed by atoms with Gasteiger partial charge in [0, 0.05) is 12.0 Å². The smallest absolute Gasteiger partial charge is 0.264 e. The topological polar surface area (TPSA) is 37.4 Å². The molecule has 2 heterocycles. The molecule has 1 aromatic heterocycles. The molecule has 2 aromatic rings. The van der Waals surface area contributed by atoms with E-state index < -0.39 is 10.0 Å². The Morgan fingerprint density at radius 3 is 2.58 bits per heavy atom. The monoisotopic (exact) mass is 293 g/mol. The van der Waals surface area contributed by atoms with Gasteiger partial charge in [-0.1, -0.05) is 38.1 Å². The largest absolute Gasteiger partial charge is 0.273 e. The maximum atomic E-state index is 12.7. The highest BCUT2D eigenvalue weighted by atomic mass is 32.2. The lowest BCUT2D eigenvalue weighted by atomic mass is 9.87. The summed E-state index contributed by atoms with van der Waals surface area (Å²) < 4.78 is 27.3. The first kappa shape index (κ1) is 12.7. The average molecular weight is 293 g/mol. The molecule has 0 spiro atoms. The molecule has 0 unspecified atom stereocenters. The van der Waals surface area contributed by atoms with Crippen LogP contribution in [-0.2, 0) is 15.4 Å². The van der Waals surface area contributed by atoms with Gasteiger partial charge in [-0.25, -0.2) is 8.42 Å². The Labute approximate surface area is 117 Å². The Hall–Kier alpha value is -1.33. The van der Waals surface area contributed by atoms with E-state index in [0.29, 0.717) is 10.8 Å². The molecule has 1 aliphatic rings. The van der Waals surface area contributed by atoms with Gasteiger partial charge in [0.1, 0.15) is 4.21 Å². The summed E-state index contributed by atoms with van der Waals surface area (Å²) in [6, 6.07) is 11.2. The van der Waals surface area contributed by atoms with Crippen molar-refractivity contribution in [1.82, 2.24) is 0 Å². The molecule has 1 aromatic carbocycles. The van der Waals surface area contributed by atoms with Gasteiger partial charge in [-0.3, -0.25) is 4.31 Å². The van der Waals surface area contributed by atoms with Gasteiger partial charge in [0.05, 0.1) is 5.69 Å². The molecule has 100 valence electrons. The molecule has 0 saturated heterocycles. The average Bonchev–Trinajstić information content (AvgIpc) is 2.97. The summed E-state index contributed by atoms with van der Waals surface area (Å²) in [5.74, 6) is 0. The quantitative estimate of drug-likeness (QED) is 0.852. The number of rotatable bonds is 2. The number of fused-ring (bicyclic) bond motifs is 1. The van der Waals surface area contributed by atoms with E-state index in [1.165, 1.54) is 15.6 Å². The van der Waals surface area contributed by atoms with E-state index in [0.717, 1.165) is 11.3 Å².